The van der Waals surface area contributed by atoms with Gasteiger partial charge in [-0.05, 0) is 6.07 Å². The quantitative estimate of drug-likeness (QED) is 0.774. The maximum Gasteiger partial charge on any atom is 0.156 e. The first-order valence-corrected chi connectivity index (χ1v) is 5.99. The molecular weight excluding hydrogens is 261 g/mol. The van der Waals surface area contributed by atoms with E-state index in [0.29, 0.717) is 30.0 Å². The number of pyridine rings is 1. The van der Waals surface area contributed by atoms with Crippen molar-refractivity contribution in [3.63, 3.8) is 0 Å². The Balaban J connectivity index is 2.03. The van der Waals surface area contributed by atoms with Crippen molar-refractivity contribution in [2.24, 2.45) is 0 Å². The van der Waals surface area contributed by atoms with Gasteiger partial charge in [0.15, 0.2) is 6.10 Å². The van der Waals surface area contributed by atoms with Crippen LogP contribution in [0.1, 0.15) is 5.56 Å². The molecule has 6 heteroatoms. The summed E-state index contributed by atoms with van der Waals surface area (Å²) in [5.41, 5.74) is 0.912. The van der Waals surface area contributed by atoms with E-state index in [1.807, 2.05) is 6.07 Å². The second kappa shape index (κ2) is 5.65. The molecule has 0 aromatic carbocycles. The van der Waals surface area contributed by atoms with Crippen LogP contribution in [0.3, 0.4) is 0 Å². The van der Waals surface area contributed by atoms with Gasteiger partial charge in [-0.2, -0.15) is 5.26 Å². The predicted molar refractivity (Wildman–Crippen MR) is 64.9 cm³/mol. The zero-order valence-electron chi connectivity index (χ0n) is 9.07. The molecule has 17 heavy (non-hydrogen) atoms. The van der Waals surface area contributed by atoms with E-state index in [-0.39, 0.29) is 6.10 Å². The Morgan fingerprint density at radius 1 is 1.53 bits per heavy atom. The molecule has 0 bridgehead atoms. The lowest BCUT2D eigenvalue weighted by atomic mass is 10.2. The molecule has 0 aliphatic carbocycles. The van der Waals surface area contributed by atoms with Crippen molar-refractivity contribution < 1.29 is 4.74 Å². The van der Waals surface area contributed by atoms with E-state index in [0.717, 1.165) is 12.1 Å². The standard InChI is InChI=1S/C11H11Cl2N3O/c12-10-2-1-8(11(13)15-10)6-16-3-4-17-9(5-14)7-16/h1-2,9H,3-4,6-7H2. The van der Waals surface area contributed by atoms with Gasteiger partial charge in [0.2, 0.25) is 0 Å². The first-order valence-electron chi connectivity index (χ1n) is 5.23. The minimum atomic E-state index is -0.359. The molecule has 1 aromatic rings. The summed E-state index contributed by atoms with van der Waals surface area (Å²) in [5.74, 6) is 0. The Hall–Kier alpha value is -0.860. The normalized spacial score (nSPS) is 21.1. The highest BCUT2D eigenvalue weighted by molar-refractivity contribution is 6.32. The van der Waals surface area contributed by atoms with Gasteiger partial charge >= 0.3 is 0 Å². The summed E-state index contributed by atoms with van der Waals surface area (Å²) in [4.78, 5) is 6.11. The van der Waals surface area contributed by atoms with Crippen LogP contribution in [-0.2, 0) is 11.3 Å². The zero-order chi connectivity index (χ0) is 12.3. The molecule has 1 unspecified atom stereocenters. The third kappa shape index (κ3) is 3.30. The lowest BCUT2D eigenvalue weighted by Gasteiger charge is -2.29. The van der Waals surface area contributed by atoms with E-state index in [1.165, 1.54) is 0 Å². The summed E-state index contributed by atoms with van der Waals surface area (Å²) in [7, 11) is 0. The third-order valence-corrected chi connectivity index (χ3v) is 3.12. The Kier molecular flexibility index (Phi) is 4.19. The summed E-state index contributed by atoms with van der Waals surface area (Å²) in [5, 5.41) is 9.61. The average molecular weight is 272 g/mol. The molecule has 0 amide bonds. The summed E-state index contributed by atoms with van der Waals surface area (Å²) in [6, 6.07) is 5.68. The molecule has 1 aliphatic heterocycles. The molecule has 0 spiro atoms. The van der Waals surface area contributed by atoms with Crippen LogP contribution in [0.2, 0.25) is 10.3 Å². The molecule has 0 radical (unpaired) electrons. The van der Waals surface area contributed by atoms with Crippen LogP contribution in [0.5, 0.6) is 0 Å². The topological polar surface area (TPSA) is 49.2 Å². The average Bonchev–Trinajstić information content (AvgIpc) is 2.33. The third-order valence-electron chi connectivity index (χ3n) is 2.58. The largest absolute Gasteiger partial charge is 0.361 e. The van der Waals surface area contributed by atoms with Crippen molar-refractivity contribution in [2.75, 3.05) is 19.7 Å². The van der Waals surface area contributed by atoms with Crippen LogP contribution < -0.4 is 0 Å². The van der Waals surface area contributed by atoms with Gasteiger partial charge in [0.25, 0.3) is 0 Å². The molecule has 1 aromatic heterocycles. The number of rotatable bonds is 2. The second-order valence-electron chi connectivity index (χ2n) is 3.81. The van der Waals surface area contributed by atoms with Crippen molar-refractivity contribution in [2.45, 2.75) is 12.6 Å². The van der Waals surface area contributed by atoms with E-state index in [2.05, 4.69) is 16.0 Å². The molecule has 90 valence electrons. The summed E-state index contributed by atoms with van der Waals surface area (Å²) < 4.78 is 5.27. The molecule has 1 saturated heterocycles. The fourth-order valence-electron chi connectivity index (χ4n) is 1.72. The van der Waals surface area contributed by atoms with Crippen LogP contribution in [-0.4, -0.2) is 35.7 Å². The molecule has 1 atom stereocenters. The van der Waals surface area contributed by atoms with Gasteiger partial charge in [0.1, 0.15) is 10.3 Å². The molecule has 2 heterocycles. The van der Waals surface area contributed by atoms with Crippen LogP contribution in [0.4, 0.5) is 0 Å². The fourth-order valence-corrected chi connectivity index (χ4v) is 2.13. The highest BCUT2D eigenvalue weighted by Gasteiger charge is 2.20. The first-order chi connectivity index (χ1) is 8.19. The number of aromatic nitrogens is 1. The number of morpholine rings is 1. The van der Waals surface area contributed by atoms with Crippen molar-refractivity contribution in [1.82, 2.24) is 9.88 Å². The van der Waals surface area contributed by atoms with Crippen molar-refractivity contribution in [1.29, 1.82) is 5.26 Å². The van der Waals surface area contributed by atoms with Crippen molar-refractivity contribution >= 4 is 23.2 Å². The fraction of sp³-hybridized carbons (Fsp3) is 0.455. The van der Waals surface area contributed by atoms with Gasteiger partial charge in [-0.25, -0.2) is 4.98 Å². The second-order valence-corrected chi connectivity index (χ2v) is 4.55. The Labute approximate surface area is 110 Å². The number of ether oxygens (including phenoxy) is 1. The molecule has 2 rings (SSSR count). The van der Waals surface area contributed by atoms with Crippen LogP contribution in [0.15, 0.2) is 12.1 Å². The number of halogens is 2. The minimum absolute atomic E-state index is 0.359. The van der Waals surface area contributed by atoms with Crippen LogP contribution >= 0.6 is 23.2 Å². The molecule has 1 aliphatic rings. The lowest BCUT2D eigenvalue weighted by Crippen LogP contribution is -2.41. The number of nitriles is 1. The predicted octanol–water partition coefficient (Wildman–Crippen LogP) is 2.11. The minimum Gasteiger partial charge on any atom is -0.361 e. The number of hydrogen-bond acceptors (Lipinski definition) is 4. The first kappa shape index (κ1) is 12.6. The smallest absolute Gasteiger partial charge is 0.156 e. The Bertz CT molecular complexity index is 447. The molecular formula is C11H11Cl2N3O. The molecule has 0 saturated carbocycles. The van der Waals surface area contributed by atoms with Gasteiger partial charge in [-0.3, -0.25) is 4.90 Å². The summed E-state index contributed by atoms with van der Waals surface area (Å²) in [6.45, 7) is 2.61. The summed E-state index contributed by atoms with van der Waals surface area (Å²) >= 11 is 11.7. The van der Waals surface area contributed by atoms with Gasteiger partial charge in [0.05, 0.1) is 12.7 Å². The zero-order valence-corrected chi connectivity index (χ0v) is 10.6. The van der Waals surface area contributed by atoms with Crippen LogP contribution in [0.25, 0.3) is 0 Å². The van der Waals surface area contributed by atoms with E-state index in [1.54, 1.807) is 6.07 Å². The van der Waals surface area contributed by atoms with Crippen molar-refractivity contribution in [3.05, 3.63) is 28.0 Å². The van der Waals surface area contributed by atoms with Gasteiger partial charge in [0, 0.05) is 25.2 Å². The summed E-state index contributed by atoms with van der Waals surface area (Å²) in [6.07, 6.45) is -0.359. The van der Waals surface area contributed by atoms with Gasteiger partial charge < -0.3 is 4.74 Å². The maximum absolute atomic E-state index is 8.81. The van der Waals surface area contributed by atoms with E-state index in [9.17, 15) is 0 Å². The monoisotopic (exact) mass is 271 g/mol. The van der Waals surface area contributed by atoms with Gasteiger partial charge in [-0.15, -0.1) is 0 Å². The Morgan fingerprint density at radius 3 is 3.06 bits per heavy atom. The number of hydrogen-bond donors (Lipinski definition) is 0. The lowest BCUT2D eigenvalue weighted by molar-refractivity contribution is -0.00271. The maximum atomic E-state index is 8.81. The molecule has 4 nitrogen and oxygen atoms in total. The number of nitrogens with zero attached hydrogens (tertiary/aromatic N) is 3. The Morgan fingerprint density at radius 2 is 2.35 bits per heavy atom. The highest BCUT2D eigenvalue weighted by Crippen LogP contribution is 2.19. The SMILES string of the molecule is N#CC1CN(Cc2ccc(Cl)nc2Cl)CCO1. The van der Waals surface area contributed by atoms with Crippen molar-refractivity contribution in [3.8, 4) is 6.07 Å². The van der Waals surface area contributed by atoms with E-state index < -0.39 is 0 Å². The molecule has 1 fully saturated rings. The van der Waals surface area contributed by atoms with Crippen LogP contribution in [0, 0.1) is 11.3 Å². The highest BCUT2D eigenvalue weighted by atomic mass is 35.5. The van der Waals surface area contributed by atoms with E-state index >= 15 is 0 Å². The molecule has 0 N–H and O–H groups in total. The van der Waals surface area contributed by atoms with E-state index in [4.69, 9.17) is 33.2 Å². The van der Waals surface area contributed by atoms with Gasteiger partial charge in [-0.1, -0.05) is 29.3 Å².